The van der Waals surface area contributed by atoms with Gasteiger partial charge in [0.2, 0.25) is 0 Å². The number of carbonyl (C=O) groups excluding carboxylic acids is 1. The molecule has 0 fully saturated rings. The third kappa shape index (κ3) is 6.04. The molecule has 0 heterocycles. The Morgan fingerprint density at radius 1 is 1.47 bits per heavy atom. The number of aliphatic hydroxyl groups is 1. The van der Waals surface area contributed by atoms with Crippen molar-refractivity contribution in [2.24, 2.45) is 0 Å². The van der Waals surface area contributed by atoms with Gasteiger partial charge in [-0.2, -0.15) is 0 Å². The maximum Gasteiger partial charge on any atom is 0.257 e. The van der Waals surface area contributed by atoms with E-state index in [0.717, 1.165) is 12.0 Å². The maximum atomic E-state index is 11.5. The van der Waals surface area contributed by atoms with Crippen LogP contribution in [-0.4, -0.2) is 37.9 Å². The van der Waals surface area contributed by atoms with Crippen molar-refractivity contribution in [3.05, 3.63) is 28.2 Å². The second kappa shape index (κ2) is 8.90. The number of rotatable bonds is 8. The Balaban J connectivity index is 2.33. The molecule has 2 N–H and O–H groups in total. The summed E-state index contributed by atoms with van der Waals surface area (Å²) in [6, 6.07) is 5.22. The number of methoxy groups -OCH3 is 1. The molecule has 0 unspecified atom stereocenters. The molecule has 0 atom stereocenters. The first-order valence-electron chi connectivity index (χ1n) is 5.95. The second-order valence-electron chi connectivity index (χ2n) is 3.91. The Kier molecular flexibility index (Phi) is 7.47. The lowest BCUT2D eigenvalue weighted by Crippen LogP contribution is -2.30. The molecule has 0 aromatic heterocycles. The van der Waals surface area contributed by atoms with Gasteiger partial charge in [0.1, 0.15) is 5.75 Å². The van der Waals surface area contributed by atoms with Crippen LogP contribution in [-0.2, 0) is 16.1 Å². The Morgan fingerprint density at radius 2 is 2.26 bits per heavy atom. The minimum absolute atomic E-state index is 0.0289. The number of hydrogen-bond donors (Lipinski definition) is 2. The molecule has 0 aliphatic heterocycles. The maximum absolute atomic E-state index is 11.5. The van der Waals surface area contributed by atoms with Gasteiger partial charge in [0.05, 0.1) is 11.1 Å². The van der Waals surface area contributed by atoms with Crippen molar-refractivity contribution in [2.75, 3.05) is 26.9 Å². The summed E-state index contributed by atoms with van der Waals surface area (Å²) in [5.41, 5.74) is 0.781. The molecule has 106 valence electrons. The predicted molar refractivity (Wildman–Crippen MR) is 75.1 cm³/mol. The molecule has 0 saturated heterocycles. The van der Waals surface area contributed by atoms with Gasteiger partial charge >= 0.3 is 0 Å². The molecule has 0 aliphatic rings. The highest BCUT2D eigenvalue weighted by atomic mass is 79.9. The molecular weight excluding hydrogens is 314 g/mol. The molecule has 0 spiro atoms. The number of aliphatic hydroxyl groups excluding tert-OH is 1. The highest BCUT2D eigenvalue weighted by Crippen LogP contribution is 2.25. The lowest BCUT2D eigenvalue weighted by atomic mass is 10.2. The summed E-state index contributed by atoms with van der Waals surface area (Å²) in [5, 5.41) is 11.7. The van der Waals surface area contributed by atoms with Gasteiger partial charge < -0.3 is 19.9 Å². The minimum atomic E-state index is -0.172. The largest absolute Gasteiger partial charge is 0.483 e. The summed E-state index contributed by atoms with van der Waals surface area (Å²) in [5.74, 6) is 0.401. The van der Waals surface area contributed by atoms with Gasteiger partial charge in [0.25, 0.3) is 5.91 Å². The predicted octanol–water partition coefficient (Wildman–Crippen LogP) is 1.47. The van der Waals surface area contributed by atoms with E-state index >= 15 is 0 Å². The summed E-state index contributed by atoms with van der Waals surface area (Å²) in [6.45, 7) is 1.12. The third-order valence-corrected chi connectivity index (χ3v) is 3.00. The fourth-order valence-corrected chi connectivity index (χ4v) is 1.94. The van der Waals surface area contributed by atoms with Crippen LogP contribution in [0.15, 0.2) is 22.7 Å². The van der Waals surface area contributed by atoms with Gasteiger partial charge in [0.15, 0.2) is 6.61 Å². The van der Waals surface area contributed by atoms with E-state index in [-0.39, 0.29) is 19.1 Å². The minimum Gasteiger partial charge on any atom is -0.483 e. The molecule has 1 aromatic rings. The molecule has 0 bridgehead atoms. The van der Waals surface area contributed by atoms with E-state index in [1.54, 1.807) is 25.3 Å². The molecule has 6 heteroatoms. The number of benzene rings is 1. The van der Waals surface area contributed by atoms with Gasteiger partial charge in [-0.15, -0.1) is 0 Å². The van der Waals surface area contributed by atoms with Crippen LogP contribution in [0.25, 0.3) is 0 Å². The average molecular weight is 332 g/mol. The van der Waals surface area contributed by atoms with Crippen LogP contribution in [0.5, 0.6) is 5.75 Å². The van der Waals surface area contributed by atoms with Gasteiger partial charge in [-0.3, -0.25) is 4.79 Å². The first kappa shape index (κ1) is 15.9. The first-order chi connectivity index (χ1) is 9.17. The number of nitrogens with one attached hydrogen (secondary N) is 1. The van der Waals surface area contributed by atoms with Crippen molar-refractivity contribution in [3.8, 4) is 5.75 Å². The summed E-state index contributed by atoms with van der Waals surface area (Å²) in [4.78, 5) is 11.5. The third-order valence-electron chi connectivity index (χ3n) is 2.39. The molecule has 19 heavy (non-hydrogen) atoms. The van der Waals surface area contributed by atoms with E-state index in [2.05, 4.69) is 21.2 Å². The van der Waals surface area contributed by atoms with Crippen LogP contribution in [0.3, 0.4) is 0 Å². The summed E-state index contributed by atoms with van der Waals surface area (Å²) >= 11 is 3.33. The molecule has 0 saturated carbocycles. The molecule has 1 amide bonds. The lowest BCUT2D eigenvalue weighted by molar-refractivity contribution is -0.123. The molecule has 1 aromatic carbocycles. The van der Waals surface area contributed by atoms with Gasteiger partial charge in [-0.1, -0.05) is 6.07 Å². The molecule has 1 rings (SSSR count). The van der Waals surface area contributed by atoms with Crippen LogP contribution in [0.2, 0.25) is 0 Å². The first-order valence-corrected chi connectivity index (χ1v) is 6.74. The molecule has 0 aliphatic carbocycles. The van der Waals surface area contributed by atoms with E-state index in [1.165, 1.54) is 0 Å². The van der Waals surface area contributed by atoms with Crippen LogP contribution >= 0.6 is 15.9 Å². The van der Waals surface area contributed by atoms with Gasteiger partial charge in [-0.25, -0.2) is 0 Å². The number of amides is 1. The highest BCUT2D eigenvalue weighted by molar-refractivity contribution is 9.10. The van der Waals surface area contributed by atoms with Crippen molar-refractivity contribution in [1.29, 1.82) is 0 Å². The Bertz CT molecular complexity index is 412. The van der Waals surface area contributed by atoms with Crippen molar-refractivity contribution in [3.63, 3.8) is 0 Å². The highest BCUT2D eigenvalue weighted by Gasteiger charge is 2.06. The Labute approximate surface area is 121 Å². The normalized spacial score (nSPS) is 10.3. The van der Waals surface area contributed by atoms with E-state index in [9.17, 15) is 4.79 Å². The Morgan fingerprint density at radius 3 is 2.89 bits per heavy atom. The zero-order valence-electron chi connectivity index (χ0n) is 10.8. The van der Waals surface area contributed by atoms with Crippen LogP contribution in [0, 0.1) is 0 Å². The Hall–Kier alpha value is -1.11. The number of halogens is 1. The van der Waals surface area contributed by atoms with Crippen molar-refractivity contribution >= 4 is 21.8 Å². The van der Waals surface area contributed by atoms with Crippen LogP contribution in [0.1, 0.15) is 12.0 Å². The monoisotopic (exact) mass is 331 g/mol. The zero-order chi connectivity index (χ0) is 14.1. The van der Waals surface area contributed by atoms with E-state index in [0.29, 0.717) is 23.4 Å². The number of carbonyl (C=O) groups is 1. The molecule has 0 radical (unpaired) electrons. The number of ether oxygens (including phenoxy) is 2. The second-order valence-corrected chi connectivity index (χ2v) is 4.76. The molecule has 5 nitrogen and oxygen atoms in total. The zero-order valence-corrected chi connectivity index (χ0v) is 12.4. The van der Waals surface area contributed by atoms with Crippen LogP contribution < -0.4 is 10.1 Å². The smallest absolute Gasteiger partial charge is 0.257 e. The van der Waals surface area contributed by atoms with Gasteiger partial charge in [-0.05, 0) is 40.0 Å². The fraction of sp³-hybridized carbons (Fsp3) is 0.462. The topological polar surface area (TPSA) is 67.8 Å². The van der Waals surface area contributed by atoms with Gasteiger partial charge in [0, 0.05) is 20.3 Å². The number of hydrogen-bond acceptors (Lipinski definition) is 4. The van der Waals surface area contributed by atoms with Crippen molar-refractivity contribution in [2.45, 2.75) is 13.0 Å². The van der Waals surface area contributed by atoms with Crippen molar-refractivity contribution < 1.29 is 19.4 Å². The van der Waals surface area contributed by atoms with E-state index < -0.39 is 0 Å². The summed E-state index contributed by atoms with van der Waals surface area (Å²) in [6.07, 6.45) is 0.775. The SMILES string of the molecule is COCCCNC(=O)COc1ccc(CO)cc1Br. The molecular formula is C13H18BrNO4. The summed E-state index contributed by atoms with van der Waals surface area (Å²) in [7, 11) is 1.62. The van der Waals surface area contributed by atoms with E-state index in [4.69, 9.17) is 14.6 Å². The van der Waals surface area contributed by atoms with E-state index in [1.807, 2.05) is 0 Å². The standard InChI is InChI=1S/C13H18BrNO4/c1-18-6-2-5-15-13(17)9-19-12-4-3-10(8-16)7-11(12)14/h3-4,7,16H,2,5-6,8-9H2,1H3,(H,15,17). The van der Waals surface area contributed by atoms with Crippen LogP contribution in [0.4, 0.5) is 0 Å². The summed E-state index contributed by atoms with van der Waals surface area (Å²) < 4.78 is 11.0. The quantitative estimate of drug-likeness (QED) is 0.708. The lowest BCUT2D eigenvalue weighted by Gasteiger charge is -2.09. The van der Waals surface area contributed by atoms with Crippen molar-refractivity contribution in [1.82, 2.24) is 5.32 Å². The average Bonchev–Trinajstić information content (AvgIpc) is 2.42. The fourth-order valence-electron chi connectivity index (χ4n) is 1.40.